The Kier molecular flexibility index (Phi) is 6.24. The molecule has 1 aliphatic heterocycles. The molecule has 0 bridgehead atoms. The second kappa shape index (κ2) is 7.99. The van der Waals surface area contributed by atoms with Crippen LogP contribution in [0.25, 0.3) is 0 Å². The average molecular weight is 334 g/mol. The summed E-state index contributed by atoms with van der Waals surface area (Å²) in [6.45, 7) is 10.1. The minimum atomic E-state index is -0.455. The van der Waals surface area contributed by atoms with Gasteiger partial charge in [0.2, 0.25) is 0 Å². The molecular weight excluding hydrogens is 304 g/mol. The van der Waals surface area contributed by atoms with Crippen LogP contribution in [0.3, 0.4) is 0 Å². The third-order valence-electron chi connectivity index (χ3n) is 3.99. The topological polar surface area (TPSA) is 64.8 Å². The van der Waals surface area contributed by atoms with E-state index >= 15 is 0 Å². The van der Waals surface area contributed by atoms with Crippen molar-refractivity contribution in [2.24, 2.45) is 5.73 Å². The smallest absolute Gasteiger partial charge is 0.320 e. The zero-order chi connectivity index (χ0) is 17.7. The molecule has 0 amide bonds. The van der Waals surface area contributed by atoms with Crippen molar-refractivity contribution in [1.82, 2.24) is 4.90 Å². The van der Waals surface area contributed by atoms with Gasteiger partial charge >= 0.3 is 5.97 Å². The number of esters is 1. The number of nitrogens with zero attached hydrogens (tertiary/aromatic N) is 1. The number of ether oxygens (including phenoxy) is 2. The number of nitrogens with two attached hydrogens (primary N) is 1. The highest BCUT2D eigenvalue weighted by Gasteiger charge is 2.28. The molecule has 1 aliphatic rings. The van der Waals surface area contributed by atoms with E-state index in [4.69, 9.17) is 15.2 Å². The van der Waals surface area contributed by atoms with Gasteiger partial charge in [-0.15, -0.1) is 0 Å². The van der Waals surface area contributed by atoms with Gasteiger partial charge in [-0.3, -0.25) is 9.69 Å². The van der Waals surface area contributed by atoms with E-state index in [1.54, 1.807) is 0 Å². The summed E-state index contributed by atoms with van der Waals surface area (Å²) in [6, 6.07) is 8.25. The molecule has 2 rings (SSSR count). The quantitative estimate of drug-likeness (QED) is 0.838. The first-order valence-electron chi connectivity index (χ1n) is 8.69. The van der Waals surface area contributed by atoms with E-state index in [0.717, 1.165) is 25.3 Å². The summed E-state index contributed by atoms with van der Waals surface area (Å²) in [7, 11) is 0. The predicted octanol–water partition coefficient (Wildman–Crippen LogP) is 2.54. The molecule has 1 aromatic rings. The summed E-state index contributed by atoms with van der Waals surface area (Å²) >= 11 is 0. The highest BCUT2D eigenvalue weighted by molar-refractivity contribution is 5.72. The minimum Gasteiger partial charge on any atom is -0.494 e. The van der Waals surface area contributed by atoms with Gasteiger partial charge in [0.25, 0.3) is 0 Å². The van der Waals surface area contributed by atoms with Crippen LogP contribution < -0.4 is 10.5 Å². The Labute approximate surface area is 145 Å². The molecule has 0 saturated carbocycles. The number of carbonyl (C=O) groups excluding carboxylic acids is 1. The molecule has 1 aromatic carbocycles. The summed E-state index contributed by atoms with van der Waals surface area (Å²) in [4.78, 5) is 14.2. The molecule has 134 valence electrons. The normalized spacial score (nSPS) is 22.2. The van der Waals surface area contributed by atoms with Crippen LogP contribution in [0.4, 0.5) is 0 Å². The molecular formula is C19H30N2O3. The Balaban J connectivity index is 1.98. The molecule has 0 spiro atoms. The zero-order valence-electron chi connectivity index (χ0n) is 15.2. The summed E-state index contributed by atoms with van der Waals surface area (Å²) in [5.41, 5.74) is 7.00. The van der Waals surface area contributed by atoms with Crippen LogP contribution in [0, 0.1) is 0 Å². The van der Waals surface area contributed by atoms with Crippen molar-refractivity contribution in [2.75, 3.05) is 26.2 Å². The molecule has 5 nitrogen and oxygen atoms in total. The molecule has 0 aliphatic carbocycles. The monoisotopic (exact) mass is 334 g/mol. The highest BCUT2D eigenvalue weighted by atomic mass is 16.6. The fourth-order valence-corrected chi connectivity index (χ4v) is 3.16. The largest absolute Gasteiger partial charge is 0.494 e. The second-order valence-electron chi connectivity index (χ2n) is 7.48. The Morgan fingerprint density at radius 3 is 2.50 bits per heavy atom. The first-order valence-corrected chi connectivity index (χ1v) is 8.69. The van der Waals surface area contributed by atoms with Crippen LogP contribution in [0.1, 0.15) is 45.6 Å². The van der Waals surface area contributed by atoms with Gasteiger partial charge in [-0.05, 0) is 57.7 Å². The summed E-state index contributed by atoms with van der Waals surface area (Å²) in [5, 5.41) is 0. The maximum Gasteiger partial charge on any atom is 0.320 e. The van der Waals surface area contributed by atoms with Crippen LogP contribution in [-0.4, -0.2) is 48.8 Å². The standard InChI is InChI=1S/C19H30N2O3/c1-5-23-17-8-6-14(7-9-17)15-10-16(20)12-21(11-15)13-18(22)24-19(2,3)4/h6-9,15-16H,5,10-13,20H2,1-4H3. The highest BCUT2D eigenvalue weighted by Crippen LogP contribution is 2.28. The van der Waals surface area contributed by atoms with E-state index in [1.165, 1.54) is 5.56 Å². The SMILES string of the molecule is CCOc1ccc(C2CC(N)CN(CC(=O)OC(C)(C)C)C2)cc1. The third kappa shape index (κ3) is 5.80. The lowest BCUT2D eigenvalue weighted by Crippen LogP contribution is -2.48. The number of hydrogen-bond acceptors (Lipinski definition) is 5. The lowest BCUT2D eigenvalue weighted by molar-refractivity contribution is -0.156. The van der Waals surface area contributed by atoms with Crippen LogP contribution >= 0.6 is 0 Å². The van der Waals surface area contributed by atoms with Crippen LogP contribution in [0.5, 0.6) is 5.75 Å². The van der Waals surface area contributed by atoms with Crippen molar-refractivity contribution in [3.63, 3.8) is 0 Å². The van der Waals surface area contributed by atoms with Crippen LogP contribution in [-0.2, 0) is 9.53 Å². The molecule has 1 saturated heterocycles. The number of likely N-dealkylation sites (tertiary alicyclic amines) is 1. The van der Waals surface area contributed by atoms with E-state index in [-0.39, 0.29) is 12.0 Å². The molecule has 2 atom stereocenters. The number of benzene rings is 1. The van der Waals surface area contributed by atoms with E-state index < -0.39 is 5.60 Å². The van der Waals surface area contributed by atoms with Gasteiger partial charge in [0.1, 0.15) is 11.4 Å². The molecule has 1 heterocycles. The molecule has 0 aromatic heterocycles. The van der Waals surface area contributed by atoms with Gasteiger partial charge in [0.15, 0.2) is 0 Å². The molecule has 2 unspecified atom stereocenters. The van der Waals surface area contributed by atoms with E-state index in [9.17, 15) is 4.79 Å². The van der Waals surface area contributed by atoms with Gasteiger partial charge in [0.05, 0.1) is 13.2 Å². The van der Waals surface area contributed by atoms with Crippen molar-refractivity contribution in [1.29, 1.82) is 0 Å². The number of carbonyl (C=O) groups is 1. The van der Waals surface area contributed by atoms with Crippen molar-refractivity contribution >= 4 is 5.97 Å². The lowest BCUT2D eigenvalue weighted by atomic mass is 9.88. The first kappa shape index (κ1) is 18.7. The zero-order valence-corrected chi connectivity index (χ0v) is 15.2. The van der Waals surface area contributed by atoms with Crippen LogP contribution in [0.15, 0.2) is 24.3 Å². The van der Waals surface area contributed by atoms with Crippen molar-refractivity contribution in [3.8, 4) is 5.75 Å². The van der Waals surface area contributed by atoms with E-state index in [0.29, 0.717) is 19.1 Å². The van der Waals surface area contributed by atoms with Gasteiger partial charge < -0.3 is 15.2 Å². The van der Waals surface area contributed by atoms with E-state index in [1.807, 2.05) is 39.8 Å². The van der Waals surface area contributed by atoms with E-state index in [2.05, 4.69) is 17.0 Å². The summed E-state index contributed by atoms with van der Waals surface area (Å²) in [6.07, 6.45) is 0.929. The Morgan fingerprint density at radius 1 is 1.25 bits per heavy atom. The van der Waals surface area contributed by atoms with Gasteiger partial charge in [-0.25, -0.2) is 0 Å². The Hall–Kier alpha value is -1.59. The van der Waals surface area contributed by atoms with Crippen molar-refractivity contribution in [3.05, 3.63) is 29.8 Å². The Bertz CT molecular complexity index is 537. The molecule has 1 fully saturated rings. The average Bonchev–Trinajstić information content (AvgIpc) is 2.45. The maximum absolute atomic E-state index is 12.1. The molecule has 5 heteroatoms. The number of piperidine rings is 1. The third-order valence-corrected chi connectivity index (χ3v) is 3.99. The number of hydrogen-bond donors (Lipinski definition) is 1. The maximum atomic E-state index is 12.1. The van der Waals surface area contributed by atoms with Crippen molar-refractivity contribution < 1.29 is 14.3 Å². The van der Waals surface area contributed by atoms with Gasteiger partial charge in [-0.1, -0.05) is 12.1 Å². The minimum absolute atomic E-state index is 0.0674. The fourth-order valence-electron chi connectivity index (χ4n) is 3.16. The molecule has 0 radical (unpaired) electrons. The van der Waals surface area contributed by atoms with Gasteiger partial charge in [0, 0.05) is 19.1 Å². The molecule has 2 N–H and O–H groups in total. The van der Waals surface area contributed by atoms with Crippen molar-refractivity contribution in [2.45, 2.75) is 51.7 Å². The van der Waals surface area contributed by atoms with Crippen LogP contribution in [0.2, 0.25) is 0 Å². The summed E-state index contributed by atoms with van der Waals surface area (Å²) in [5.74, 6) is 1.01. The second-order valence-corrected chi connectivity index (χ2v) is 7.48. The predicted molar refractivity (Wildman–Crippen MR) is 95.2 cm³/mol. The molecule has 24 heavy (non-hydrogen) atoms. The Morgan fingerprint density at radius 2 is 1.92 bits per heavy atom. The van der Waals surface area contributed by atoms with Gasteiger partial charge in [-0.2, -0.15) is 0 Å². The number of rotatable bonds is 5. The summed E-state index contributed by atoms with van der Waals surface area (Å²) < 4.78 is 10.9. The fraction of sp³-hybridized carbons (Fsp3) is 0.632. The lowest BCUT2D eigenvalue weighted by Gasteiger charge is -2.36. The first-order chi connectivity index (χ1) is 11.3.